The molecule has 2 saturated heterocycles. The molecule has 0 radical (unpaired) electrons. The summed E-state index contributed by atoms with van der Waals surface area (Å²) in [6, 6.07) is 20.6. The van der Waals surface area contributed by atoms with E-state index in [0.717, 1.165) is 89.3 Å². The van der Waals surface area contributed by atoms with Crippen molar-refractivity contribution in [3.05, 3.63) is 107 Å². The van der Waals surface area contributed by atoms with Crippen molar-refractivity contribution >= 4 is 34.4 Å². The lowest BCUT2D eigenvalue weighted by Gasteiger charge is -2.36. The number of aromatic amines is 1. The third-order valence-electron chi connectivity index (χ3n) is 11.2. The van der Waals surface area contributed by atoms with Crippen LogP contribution in [0, 0.1) is 6.92 Å². The number of piperidine rings is 1. The lowest BCUT2D eigenvalue weighted by molar-refractivity contribution is -0.134. The zero-order chi connectivity index (χ0) is 40.6. The first-order valence-electron chi connectivity index (χ1n) is 19.9. The average molecular weight is 781 g/mol. The minimum Gasteiger partial charge on any atom is -0.369 e. The van der Waals surface area contributed by atoms with Crippen LogP contribution in [0.25, 0.3) is 33.4 Å². The van der Waals surface area contributed by atoms with Gasteiger partial charge in [0.25, 0.3) is 11.7 Å². The van der Waals surface area contributed by atoms with Crippen molar-refractivity contribution < 1.29 is 18.9 Å². The van der Waals surface area contributed by atoms with Crippen LogP contribution in [0.2, 0.25) is 0 Å². The molecule has 6 aromatic rings. The van der Waals surface area contributed by atoms with E-state index in [9.17, 15) is 14.4 Å². The van der Waals surface area contributed by atoms with E-state index in [-0.39, 0.29) is 40.9 Å². The predicted octanol–water partition coefficient (Wildman–Crippen LogP) is 6.05. The molecule has 0 saturated carbocycles. The molecule has 2 aliphatic heterocycles. The van der Waals surface area contributed by atoms with Gasteiger partial charge in [0.1, 0.15) is 5.69 Å². The largest absolute Gasteiger partial charge is 0.369 e. The van der Waals surface area contributed by atoms with Gasteiger partial charge in [0.15, 0.2) is 5.65 Å². The summed E-state index contributed by atoms with van der Waals surface area (Å²) < 4.78 is 5.30. The first-order valence-corrected chi connectivity index (χ1v) is 19.9. The Morgan fingerprint density at radius 1 is 0.948 bits per heavy atom. The van der Waals surface area contributed by atoms with E-state index in [1.54, 1.807) is 6.20 Å². The number of benzene rings is 2. The summed E-state index contributed by atoms with van der Waals surface area (Å²) in [5.41, 5.74) is 9.26. The fourth-order valence-electron chi connectivity index (χ4n) is 7.72. The van der Waals surface area contributed by atoms with Crippen molar-refractivity contribution in [1.82, 2.24) is 45.8 Å². The van der Waals surface area contributed by atoms with E-state index in [4.69, 9.17) is 9.51 Å². The highest BCUT2D eigenvalue weighted by molar-refractivity contribution is 6.01. The maximum absolute atomic E-state index is 12.9. The Morgan fingerprint density at radius 3 is 2.41 bits per heavy atom. The van der Waals surface area contributed by atoms with Crippen LogP contribution < -0.4 is 15.5 Å². The number of H-pyrrole nitrogens is 1. The lowest BCUT2D eigenvalue weighted by atomic mass is 9.91. The molecule has 2 aliphatic rings. The number of nitrogens with one attached hydrogen (secondary N) is 3. The summed E-state index contributed by atoms with van der Waals surface area (Å²) in [5.74, 6) is -0.696. The highest BCUT2D eigenvalue weighted by Gasteiger charge is 2.29. The van der Waals surface area contributed by atoms with Crippen LogP contribution in [0.4, 0.5) is 5.69 Å². The van der Waals surface area contributed by atoms with E-state index in [1.165, 1.54) is 5.69 Å². The van der Waals surface area contributed by atoms with Crippen molar-refractivity contribution in [3.63, 3.8) is 0 Å². The van der Waals surface area contributed by atoms with Gasteiger partial charge in [-0.15, -0.1) is 0 Å². The molecule has 58 heavy (non-hydrogen) atoms. The maximum atomic E-state index is 12.9. The number of imide groups is 1. The Balaban J connectivity index is 0.865. The van der Waals surface area contributed by atoms with Gasteiger partial charge in [0.2, 0.25) is 17.7 Å². The molecular weight excluding hydrogens is 733 g/mol. The van der Waals surface area contributed by atoms with Crippen LogP contribution in [0.3, 0.4) is 0 Å². The minimum atomic E-state index is -0.387. The second kappa shape index (κ2) is 15.9. The molecular formula is C44H48N10O4. The molecule has 2 fully saturated rings. The number of piperazine rings is 1. The topological polar surface area (TPSA) is 175 Å². The number of carbonyl (C=O) groups excluding carboxylic acids is 3. The second-order valence-electron chi connectivity index (χ2n) is 16.3. The SMILES string of the molecule is Cc1cc(-c2n[nH]c3ncc(-c4ccc(N5CCN(CCc6ccc([C@H]7CCC(=O)NC7=O)cn6)CC5)cc4)cc23)ccc1[C@@H](C)NC(=O)c1noc(C(C)(C)C)n1. The van der Waals surface area contributed by atoms with Gasteiger partial charge in [-0.3, -0.25) is 34.7 Å². The number of hydrogen-bond donors (Lipinski definition) is 3. The average Bonchev–Trinajstić information content (AvgIpc) is 3.89. The van der Waals surface area contributed by atoms with Crippen molar-refractivity contribution in [2.24, 2.45) is 0 Å². The van der Waals surface area contributed by atoms with Gasteiger partial charge in [-0.05, 0) is 72.9 Å². The van der Waals surface area contributed by atoms with Crippen LogP contribution in [0.1, 0.15) is 91.4 Å². The molecule has 2 atom stereocenters. The minimum absolute atomic E-state index is 0.0191. The molecule has 14 heteroatoms. The third kappa shape index (κ3) is 8.23. The number of carbonyl (C=O) groups is 3. The fourth-order valence-corrected chi connectivity index (χ4v) is 7.72. The van der Waals surface area contributed by atoms with E-state index in [0.29, 0.717) is 24.4 Å². The van der Waals surface area contributed by atoms with Crippen molar-refractivity contribution in [3.8, 4) is 22.4 Å². The van der Waals surface area contributed by atoms with E-state index < -0.39 is 0 Å². The smallest absolute Gasteiger partial charge is 0.293 e. The van der Waals surface area contributed by atoms with Crippen LogP contribution in [0.5, 0.6) is 0 Å². The Labute approximate surface area is 336 Å². The van der Waals surface area contributed by atoms with Crippen molar-refractivity contribution in [2.75, 3.05) is 37.6 Å². The summed E-state index contributed by atoms with van der Waals surface area (Å²) in [7, 11) is 0. The Kier molecular flexibility index (Phi) is 10.6. The summed E-state index contributed by atoms with van der Waals surface area (Å²) in [6.07, 6.45) is 5.40. The fraction of sp³-hybridized carbons (Fsp3) is 0.364. The molecule has 4 aromatic heterocycles. The molecule has 298 valence electrons. The van der Waals surface area contributed by atoms with E-state index in [2.05, 4.69) is 82.2 Å². The number of aryl methyl sites for hydroxylation is 1. The van der Waals surface area contributed by atoms with Crippen molar-refractivity contribution in [1.29, 1.82) is 0 Å². The molecule has 0 spiro atoms. The number of pyridine rings is 2. The molecule has 0 unspecified atom stereocenters. The Morgan fingerprint density at radius 2 is 1.72 bits per heavy atom. The van der Waals surface area contributed by atoms with Crippen LogP contribution in [0.15, 0.2) is 77.6 Å². The number of aromatic nitrogens is 6. The van der Waals surface area contributed by atoms with E-state index in [1.807, 2.05) is 65.1 Å². The highest BCUT2D eigenvalue weighted by Crippen LogP contribution is 2.32. The Bertz CT molecular complexity index is 2460. The van der Waals surface area contributed by atoms with Gasteiger partial charge in [0.05, 0.1) is 12.0 Å². The number of amides is 3. The van der Waals surface area contributed by atoms with Crippen LogP contribution >= 0.6 is 0 Å². The maximum Gasteiger partial charge on any atom is 0.293 e. The number of nitrogens with zero attached hydrogens (tertiary/aromatic N) is 7. The summed E-state index contributed by atoms with van der Waals surface area (Å²) >= 11 is 0. The van der Waals surface area contributed by atoms with Gasteiger partial charge in [-0.2, -0.15) is 10.1 Å². The molecule has 3 N–H and O–H groups in total. The Hall–Kier alpha value is -6.28. The van der Waals surface area contributed by atoms with Gasteiger partial charge in [-0.25, -0.2) is 4.98 Å². The molecule has 0 aliphatic carbocycles. The molecule has 0 bridgehead atoms. The number of hydrogen-bond acceptors (Lipinski definition) is 11. The van der Waals surface area contributed by atoms with Gasteiger partial charge in [0, 0.05) is 91.3 Å². The first-order chi connectivity index (χ1) is 27.9. The normalized spacial score (nSPS) is 17.1. The zero-order valence-corrected chi connectivity index (χ0v) is 33.5. The van der Waals surface area contributed by atoms with Crippen LogP contribution in [-0.4, -0.2) is 85.7 Å². The van der Waals surface area contributed by atoms with Gasteiger partial charge >= 0.3 is 0 Å². The quantitative estimate of drug-likeness (QED) is 0.138. The monoisotopic (exact) mass is 780 g/mol. The zero-order valence-electron chi connectivity index (χ0n) is 33.5. The number of rotatable bonds is 10. The van der Waals surface area contributed by atoms with E-state index >= 15 is 0 Å². The highest BCUT2D eigenvalue weighted by atomic mass is 16.5. The standard InChI is InChI=1S/C44H48N10O4/c1-26-22-29(9-13-34(26)27(2)47-42(57)40-49-43(58-52-40)44(3,4)5)38-36-23-31(25-46-39(36)51-50-38)28-7-11-33(12-8-28)54-20-18-53(19-21-54)17-16-32-10-6-30(24-45-32)35-14-15-37(55)48-41(35)56/h6-13,22-25,27,35H,14-21H2,1-5H3,(H,47,57)(H,46,50,51)(H,48,55,56)/t27-,35-/m1/s1. The summed E-state index contributed by atoms with van der Waals surface area (Å²) in [6.45, 7) is 14.6. The third-order valence-corrected chi connectivity index (χ3v) is 11.2. The molecule has 2 aromatic carbocycles. The predicted molar refractivity (Wildman–Crippen MR) is 220 cm³/mol. The molecule has 6 heterocycles. The summed E-state index contributed by atoms with van der Waals surface area (Å²) in [5, 5.41) is 18.0. The lowest BCUT2D eigenvalue weighted by Crippen LogP contribution is -2.47. The summed E-state index contributed by atoms with van der Waals surface area (Å²) in [4.78, 5) is 55.2. The van der Waals surface area contributed by atoms with Crippen molar-refractivity contribution in [2.45, 2.75) is 71.3 Å². The number of fused-ring (bicyclic) bond motifs is 1. The van der Waals surface area contributed by atoms with Gasteiger partial charge in [-0.1, -0.05) is 56.3 Å². The van der Waals surface area contributed by atoms with Gasteiger partial charge < -0.3 is 14.7 Å². The molecule has 8 rings (SSSR count). The number of anilines is 1. The second-order valence-corrected chi connectivity index (χ2v) is 16.3. The molecule has 14 nitrogen and oxygen atoms in total. The van der Waals surface area contributed by atoms with Crippen LogP contribution in [-0.2, 0) is 21.4 Å². The molecule has 3 amide bonds. The first kappa shape index (κ1) is 38.6.